The van der Waals surface area contributed by atoms with Crippen molar-refractivity contribution in [2.24, 2.45) is 0 Å². The molecule has 0 bridgehead atoms. The Hall–Kier alpha value is -3.40. The molecule has 0 aromatic heterocycles. The predicted octanol–water partition coefficient (Wildman–Crippen LogP) is 4.39. The smallest absolute Gasteiger partial charge is 0.264 e. The first kappa shape index (κ1) is 26.7. The van der Waals surface area contributed by atoms with Crippen molar-refractivity contribution < 1.29 is 22.7 Å². The van der Waals surface area contributed by atoms with E-state index in [9.17, 15) is 18.0 Å². The van der Waals surface area contributed by atoms with Crippen LogP contribution in [0.1, 0.15) is 28.8 Å². The zero-order valence-electron chi connectivity index (χ0n) is 20.3. The number of amides is 2. The molecule has 1 aliphatic heterocycles. The standard InChI is InChI=1S/C27H28ClN3O5S/c1-19-8-14-23(15-9-19)37(34,35)31(21-12-10-20(28)11-13-21)18-26(32)30-25-7-3-2-6-24(25)27(33)29-17-22-5-4-16-36-22/h2-3,6-15,22H,4-5,16-18H2,1H3,(H,29,33)(H,30,32)/t22-/m0/s1. The molecule has 1 aliphatic rings. The summed E-state index contributed by atoms with van der Waals surface area (Å²) in [6.45, 7) is 2.40. The van der Waals surface area contributed by atoms with E-state index in [4.69, 9.17) is 16.3 Å². The molecule has 1 fully saturated rings. The second-order valence-electron chi connectivity index (χ2n) is 8.74. The van der Waals surface area contributed by atoms with E-state index in [1.54, 1.807) is 48.5 Å². The molecule has 0 radical (unpaired) electrons. The van der Waals surface area contributed by atoms with Gasteiger partial charge in [0.25, 0.3) is 15.9 Å². The topological polar surface area (TPSA) is 105 Å². The molecule has 3 aromatic carbocycles. The SMILES string of the molecule is Cc1ccc(S(=O)(=O)N(CC(=O)Nc2ccccc2C(=O)NC[C@@H]2CCCO2)c2ccc(Cl)cc2)cc1. The maximum absolute atomic E-state index is 13.5. The van der Waals surface area contributed by atoms with Gasteiger partial charge in [-0.05, 0) is 68.3 Å². The third-order valence-electron chi connectivity index (χ3n) is 5.97. The highest BCUT2D eigenvalue weighted by atomic mass is 35.5. The van der Waals surface area contributed by atoms with Crippen LogP contribution in [-0.2, 0) is 19.6 Å². The van der Waals surface area contributed by atoms with Gasteiger partial charge in [-0.3, -0.25) is 13.9 Å². The number of rotatable bonds is 9. The fraction of sp³-hybridized carbons (Fsp3) is 0.259. The third-order valence-corrected chi connectivity index (χ3v) is 8.01. The highest BCUT2D eigenvalue weighted by Crippen LogP contribution is 2.26. The zero-order chi connectivity index (χ0) is 26.4. The fourth-order valence-corrected chi connectivity index (χ4v) is 5.52. The summed E-state index contributed by atoms with van der Waals surface area (Å²) < 4.78 is 33.6. The van der Waals surface area contributed by atoms with Crippen molar-refractivity contribution in [1.82, 2.24) is 5.32 Å². The number of nitrogens with one attached hydrogen (secondary N) is 2. The number of carbonyl (C=O) groups is 2. The number of carbonyl (C=O) groups excluding carboxylic acids is 2. The molecule has 194 valence electrons. The van der Waals surface area contributed by atoms with Crippen LogP contribution >= 0.6 is 11.6 Å². The highest BCUT2D eigenvalue weighted by Gasteiger charge is 2.28. The van der Waals surface area contributed by atoms with Gasteiger partial charge in [-0.25, -0.2) is 8.42 Å². The molecule has 1 atom stereocenters. The normalized spacial score (nSPS) is 15.2. The highest BCUT2D eigenvalue weighted by molar-refractivity contribution is 7.92. The number of hydrogen-bond donors (Lipinski definition) is 2. The Kier molecular flexibility index (Phi) is 8.48. The molecule has 8 nitrogen and oxygen atoms in total. The minimum Gasteiger partial charge on any atom is -0.376 e. The lowest BCUT2D eigenvalue weighted by atomic mass is 10.1. The second-order valence-corrected chi connectivity index (χ2v) is 11.0. The van der Waals surface area contributed by atoms with Crippen molar-refractivity contribution in [3.8, 4) is 0 Å². The van der Waals surface area contributed by atoms with E-state index < -0.39 is 22.5 Å². The van der Waals surface area contributed by atoms with Gasteiger partial charge in [0, 0.05) is 18.2 Å². The van der Waals surface area contributed by atoms with E-state index >= 15 is 0 Å². The molecule has 2 amide bonds. The monoisotopic (exact) mass is 541 g/mol. The first-order chi connectivity index (χ1) is 17.7. The van der Waals surface area contributed by atoms with E-state index in [0.29, 0.717) is 18.2 Å². The molecule has 0 spiro atoms. The first-order valence-electron chi connectivity index (χ1n) is 11.9. The Bertz CT molecular complexity index is 1360. The van der Waals surface area contributed by atoms with E-state index in [2.05, 4.69) is 10.6 Å². The molecule has 37 heavy (non-hydrogen) atoms. The van der Waals surface area contributed by atoms with Crippen molar-refractivity contribution >= 4 is 44.8 Å². The summed E-state index contributed by atoms with van der Waals surface area (Å²) in [5.41, 5.74) is 1.74. The summed E-state index contributed by atoms with van der Waals surface area (Å²) in [5.74, 6) is -0.960. The number of hydrogen-bond acceptors (Lipinski definition) is 5. The predicted molar refractivity (Wildman–Crippen MR) is 144 cm³/mol. The molecule has 1 heterocycles. The fourth-order valence-electron chi connectivity index (χ4n) is 3.98. The van der Waals surface area contributed by atoms with Crippen LogP contribution in [0.5, 0.6) is 0 Å². The summed E-state index contributed by atoms with van der Waals surface area (Å²) in [4.78, 5) is 26.0. The van der Waals surface area contributed by atoms with Gasteiger partial charge in [-0.15, -0.1) is 0 Å². The summed E-state index contributed by atoms with van der Waals surface area (Å²) in [6.07, 6.45) is 1.82. The van der Waals surface area contributed by atoms with Gasteiger partial charge in [-0.2, -0.15) is 0 Å². The molecule has 3 aromatic rings. The van der Waals surface area contributed by atoms with Crippen molar-refractivity contribution in [2.45, 2.75) is 30.8 Å². The average molecular weight is 542 g/mol. The van der Waals surface area contributed by atoms with Gasteiger partial charge in [0.1, 0.15) is 6.54 Å². The zero-order valence-corrected chi connectivity index (χ0v) is 21.9. The molecule has 0 unspecified atom stereocenters. The van der Waals surface area contributed by atoms with E-state index in [1.807, 2.05) is 6.92 Å². The molecule has 0 aliphatic carbocycles. The molecule has 1 saturated heterocycles. The van der Waals surface area contributed by atoms with Crippen LogP contribution in [0.15, 0.2) is 77.7 Å². The summed E-state index contributed by atoms with van der Waals surface area (Å²) >= 11 is 6.00. The van der Waals surface area contributed by atoms with Crippen LogP contribution in [0.25, 0.3) is 0 Å². The van der Waals surface area contributed by atoms with Crippen molar-refractivity contribution in [2.75, 3.05) is 29.3 Å². The van der Waals surface area contributed by atoms with Gasteiger partial charge in [0.15, 0.2) is 0 Å². The van der Waals surface area contributed by atoms with Crippen LogP contribution in [0, 0.1) is 6.92 Å². The molecular weight excluding hydrogens is 514 g/mol. The van der Waals surface area contributed by atoms with Crippen molar-refractivity contribution in [3.05, 3.63) is 88.9 Å². The minimum absolute atomic E-state index is 0.0226. The number of sulfonamides is 1. The van der Waals surface area contributed by atoms with Crippen LogP contribution in [0.4, 0.5) is 11.4 Å². The maximum atomic E-state index is 13.5. The lowest BCUT2D eigenvalue weighted by Crippen LogP contribution is -2.38. The quantitative estimate of drug-likeness (QED) is 0.418. The molecule has 4 rings (SSSR count). The number of benzene rings is 3. The number of ether oxygens (including phenoxy) is 1. The number of halogens is 1. The van der Waals surface area contributed by atoms with Crippen LogP contribution in [-0.4, -0.2) is 46.0 Å². The Morgan fingerprint density at radius 1 is 1.03 bits per heavy atom. The number of aryl methyl sites for hydroxylation is 1. The van der Waals surface area contributed by atoms with E-state index in [0.717, 1.165) is 22.7 Å². The third kappa shape index (κ3) is 6.68. The largest absolute Gasteiger partial charge is 0.376 e. The van der Waals surface area contributed by atoms with Gasteiger partial charge in [-0.1, -0.05) is 41.4 Å². The molecular formula is C27H28ClN3O5S. The summed E-state index contributed by atoms with van der Waals surface area (Å²) in [5, 5.41) is 5.98. The number of nitrogens with zero attached hydrogens (tertiary/aromatic N) is 1. The van der Waals surface area contributed by atoms with Crippen molar-refractivity contribution in [3.63, 3.8) is 0 Å². The Balaban J connectivity index is 1.55. The minimum atomic E-state index is -4.08. The Morgan fingerprint density at radius 2 is 1.73 bits per heavy atom. The maximum Gasteiger partial charge on any atom is 0.264 e. The van der Waals surface area contributed by atoms with E-state index in [-0.39, 0.29) is 33.8 Å². The van der Waals surface area contributed by atoms with Gasteiger partial charge >= 0.3 is 0 Å². The average Bonchev–Trinajstić information content (AvgIpc) is 3.41. The second kappa shape index (κ2) is 11.8. The molecule has 2 N–H and O–H groups in total. The molecule has 10 heteroatoms. The van der Waals surface area contributed by atoms with Crippen molar-refractivity contribution in [1.29, 1.82) is 0 Å². The Labute approximate surface area is 221 Å². The van der Waals surface area contributed by atoms with Gasteiger partial charge in [0.2, 0.25) is 5.91 Å². The van der Waals surface area contributed by atoms with Gasteiger partial charge < -0.3 is 15.4 Å². The first-order valence-corrected chi connectivity index (χ1v) is 13.7. The van der Waals surface area contributed by atoms with Crippen LogP contribution in [0.2, 0.25) is 5.02 Å². The lowest BCUT2D eigenvalue weighted by Gasteiger charge is -2.24. The summed E-state index contributed by atoms with van der Waals surface area (Å²) in [6, 6.07) is 19.1. The molecule has 0 saturated carbocycles. The van der Waals surface area contributed by atoms with Crippen LogP contribution < -0.4 is 14.9 Å². The number of para-hydroxylation sites is 1. The summed E-state index contributed by atoms with van der Waals surface area (Å²) in [7, 11) is -4.08. The van der Waals surface area contributed by atoms with Crippen LogP contribution in [0.3, 0.4) is 0 Å². The lowest BCUT2D eigenvalue weighted by molar-refractivity contribution is -0.114. The number of anilines is 2. The van der Waals surface area contributed by atoms with E-state index in [1.165, 1.54) is 24.3 Å². The van der Waals surface area contributed by atoms with Gasteiger partial charge in [0.05, 0.1) is 27.9 Å². The Morgan fingerprint density at radius 3 is 2.41 bits per heavy atom.